The van der Waals surface area contributed by atoms with Crippen LogP contribution in [-0.4, -0.2) is 23.0 Å². The second-order valence-corrected chi connectivity index (χ2v) is 5.85. The summed E-state index contributed by atoms with van der Waals surface area (Å²) in [5.74, 6) is -0.0760. The zero-order valence-corrected chi connectivity index (χ0v) is 11.9. The number of hydrogen-bond acceptors (Lipinski definition) is 2. The van der Waals surface area contributed by atoms with Crippen molar-refractivity contribution >= 4 is 16.8 Å². The number of nitrogens with two attached hydrogens (primary N) is 1. The highest BCUT2D eigenvalue weighted by atomic mass is 16.1. The second kappa shape index (κ2) is 4.70. The van der Waals surface area contributed by atoms with Gasteiger partial charge in [-0.15, -0.1) is 0 Å². The van der Waals surface area contributed by atoms with Crippen LogP contribution in [0.4, 0.5) is 0 Å². The molecule has 0 bridgehead atoms. The average Bonchev–Trinajstić information content (AvgIpc) is 2.60. The van der Waals surface area contributed by atoms with Gasteiger partial charge in [-0.2, -0.15) is 0 Å². The molecule has 0 fully saturated rings. The molecule has 0 unspecified atom stereocenters. The normalized spacial score (nSPS) is 11.8. The van der Waals surface area contributed by atoms with Crippen LogP contribution in [-0.2, 0) is 0 Å². The number of benzene rings is 1. The van der Waals surface area contributed by atoms with Crippen molar-refractivity contribution in [2.45, 2.75) is 33.2 Å². The van der Waals surface area contributed by atoms with Gasteiger partial charge in [-0.05, 0) is 39.8 Å². The topological polar surface area (TPSA) is 70.9 Å². The predicted molar refractivity (Wildman–Crippen MR) is 78.4 cm³/mol. The van der Waals surface area contributed by atoms with Gasteiger partial charge < -0.3 is 16.0 Å². The van der Waals surface area contributed by atoms with Crippen molar-refractivity contribution in [1.82, 2.24) is 10.3 Å². The molecule has 2 rings (SSSR count). The molecule has 0 atom stereocenters. The Labute approximate surface area is 113 Å². The molecule has 4 heteroatoms. The van der Waals surface area contributed by atoms with Crippen molar-refractivity contribution in [3.05, 3.63) is 35.0 Å². The SMILES string of the molecule is Cc1ccc2[nH]c(C)c(C(=O)NCC(C)(C)N)c2c1. The van der Waals surface area contributed by atoms with E-state index in [2.05, 4.69) is 10.3 Å². The first-order valence-corrected chi connectivity index (χ1v) is 6.44. The molecular weight excluding hydrogens is 238 g/mol. The van der Waals surface area contributed by atoms with Crippen LogP contribution >= 0.6 is 0 Å². The summed E-state index contributed by atoms with van der Waals surface area (Å²) in [4.78, 5) is 15.6. The standard InChI is InChI=1S/C15H21N3O/c1-9-5-6-12-11(7-9)13(10(2)18-12)14(19)17-8-15(3,4)16/h5-7,18H,8,16H2,1-4H3,(H,17,19). The minimum Gasteiger partial charge on any atom is -0.358 e. The predicted octanol–water partition coefficient (Wildman–Crippen LogP) is 2.25. The molecule has 0 aliphatic heterocycles. The van der Waals surface area contributed by atoms with E-state index >= 15 is 0 Å². The Morgan fingerprint density at radius 1 is 1.37 bits per heavy atom. The summed E-state index contributed by atoms with van der Waals surface area (Å²) < 4.78 is 0. The van der Waals surface area contributed by atoms with E-state index in [4.69, 9.17) is 5.73 Å². The van der Waals surface area contributed by atoms with Crippen LogP contribution < -0.4 is 11.1 Å². The molecule has 102 valence electrons. The van der Waals surface area contributed by atoms with Crippen molar-refractivity contribution in [1.29, 1.82) is 0 Å². The molecule has 4 nitrogen and oxygen atoms in total. The number of aromatic nitrogens is 1. The number of hydrogen-bond donors (Lipinski definition) is 3. The lowest BCUT2D eigenvalue weighted by Gasteiger charge is -2.18. The summed E-state index contributed by atoms with van der Waals surface area (Å²) in [5.41, 5.74) is 9.20. The second-order valence-electron chi connectivity index (χ2n) is 5.85. The van der Waals surface area contributed by atoms with Crippen LogP contribution in [0.15, 0.2) is 18.2 Å². The zero-order chi connectivity index (χ0) is 14.2. The Bertz CT molecular complexity index is 620. The minimum atomic E-state index is -0.411. The fourth-order valence-electron chi connectivity index (χ4n) is 2.13. The van der Waals surface area contributed by atoms with E-state index in [0.717, 1.165) is 22.2 Å². The maximum atomic E-state index is 12.3. The summed E-state index contributed by atoms with van der Waals surface area (Å²) in [7, 11) is 0. The van der Waals surface area contributed by atoms with Crippen LogP contribution in [0.1, 0.15) is 35.5 Å². The van der Waals surface area contributed by atoms with Crippen molar-refractivity contribution in [2.75, 3.05) is 6.54 Å². The van der Waals surface area contributed by atoms with E-state index in [1.807, 2.05) is 45.9 Å². The zero-order valence-electron chi connectivity index (χ0n) is 11.9. The molecule has 0 aliphatic rings. The Hall–Kier alpha value is -1.81. The number of H-pyrrole nitrogens is 1. The van der Waals surface area contributed by atoms with E-state index in [1.54, 1.807) is 0 Å². The van der Waals surface area contributed by atoms with Crippen molar-refractivity contribution in [3.8, 4) is 0 Å². The van der Waals surface area contributed by atoms with Gasteiger partial charge in [-0.1, -0.05) is 11.6 Å². The third-order valence-corrected chi connectivity index (χ3v) is 3.07. The third-order valence-electron chi connectivity index (χ3n) is 3.07. The Balaban J connectivity index is 2.36. The van der Waals surface area contributed by atoms with Crippen LogP contribution in [0.5, 0.6) is 0 Å². The number of aryl methyl sites for hydroxylation is 2. The Kier molecular flexibility index (Phi) is 3.37. The quantitative estimate of drug-likeness (QED) is 0.791. The largest absolute Gasteiger partial charge is 0.358 e. The number of carbonyl (C=O) groups is 1. The van der Waals surface area contributed by atoms with E-state index in [-0.39, 0.29) is 5.91 Å². The molecule has 1 aromatic carbocycles. The van der Waals surface area contributed by atoms with E-state index in [9.17, 15) is 4.79 Å². The van der Waals surface area contributed by atoms with Gasteiger partial charge in [-0.25, -0.2) is 0 Å². The third kappa shape index (κ3) is 2.96. The van der Waals surface area contributed by atoms with Crippen LogP contribution in [0.2, 0.25) is 0 Å². The van der Waals surface area contributed by atoms with Gasteiger partial charge in [-0.3, -0.25) is 4.79 Å². The first-order chi connectivity index (χ1) is 8.78. The number of fused-ring (bicyclic) bond motifs is 1. The number of rotatable bonds is 3. The van der Waals surface area contributed by atoms with Crippen LogP contribution in [0.3, 0.4) is 0 Å². The number of aromatic amines is 1. The van der Waals surface area contributed by atoms with E-state index in [0.29, 0.717) is 12.1 Å². The molecule has 1 amide bonds. The molecule has 0 saturated carbocycles. The Morgan fingerprint density at radius 2 is 2.05 bits per heavy atom. The fraction of sp³-hybridized carbons (Fsp3) is 0.400. The number of nitrogens with one attached hydrogen (secondary N) is 2. The minimum absolute atomic E-state index is 0.0760. The summed E-state index contributed by atoms with van der Waals surface area (Å²) in [5, 5.41) is 3.86. The fourth-order valence-corrected chi connectivity index (χ4v) is 2.13. The number of carbonyl (C=O) groups excluding carboxylic acids is 1. The lowest BCUT2D eigenvalue weighted by molar-refractivity contribution is 0.0947. The molecule has 1 heterocycles. The number of amides is 1. The first-order valence-electron chi connectivity index (χ1n) is 6.44. The van der Waals surface area contributed by atoms with Crippen LogP contribution in [0.25, 0.3) is 10.9 Å². The van der Waals surface area contributed by atoms with Crippen molar-refractivity contribution in [3.63, 3.8) is 0 Å². The lowest BCUT2D eigenvalue weighted by atomic mass is 10.1. The highest BCUT2D eigenvalue weighted by Gasteiger charge is 2.18. The average molecular weight is 259 g/mol. The molecule has 4 N–H and O–H groups in total. The van der Waals surface area contributed by atoms with Gasteiger partial charge in [0.1, 0.15) is 0 Å². The molecule has 0 aliphatic carbocycles. The molecule has 0 radical (unpaired) electrons. The van der Waals surface area contributed by atoms with Gasteiger partial charge in [0.2, 0.25) is 0 Å². The maximum absolute atomic E-state index is 12.3. The van der Waals surface area contributed by atoms with Crippen molar-refractivity contribution < 1.29 is 4.79 Å². The summed E-state index contributed by atoms with van der Waals surface area (Å²) in [6.07, 6.45) is 0. The molecule has 0 saturated heterocycles. The highest BCUT2D eigenvalue weighted by molar-refractivity contribution is 6.08. The van der Waals surface area contributed by atoms with Gasteiger partial charge in [0.15, 0.2) is 0 Å². The highest BCUT2D eigenvalue weighted by Crippen LogP contribution is 2.23. The summed E-state index contributed by atoms with van der Waals surface area (Å²) in [6, 6.07) is 6.06. The molecule has 19 heavy (non-hydrogen) atoms. The molecule has 1 aromatic heterocycles. The van der Waals surface area contributed by atoms with E-state index < -0.39 is 5.54 Å². The Morgan fingerprint density at radius 3 is 2.68 bits per heavy atom. The summed E-state index contributed by atoms with van der Waals surface area (Å²) >= 11 is 0. The molecular formula is C15H21N3O. The van der Waals surface area contributed by atoms with Gasteiger partial charge >= 0.3 is 0 Å². The van der Waals surface area contributed by atoms with Gasteiger partial charge in [0.05, 0.1) is 5.56 Å². The monoisotopic (exact) mass is 259 g/mol. The van der Waals surface area contributed by atoms with E-state index in [1.165, 1.54) is 0 Å². The van der Waals surface area contributed by atoms with Gasteiger partial charge in [0.25, 0.3) is 5.91 Å². The van der Waals surface area contributed by atoms with Crippen LogP contribution in [0, 0.1) is 13.8 Å². The first kappa shape index (κ1) is 13.6. The smallest absolute Gasteiger partial charge is 0.253 e. The van der Waals surface area contributed by atoms with Crippen molar-refractivity contribution in [2.24, 2.45) is 5.73 Å². The summed E-state index contributed by atoms with van der Waals surface area (Å²) in [6.45, 7) is 8.16. The lowest BCUT2D eigenvalue weighted by Crippen LogP contribution is -2.45. The molecule has 0 spiro atoms. The molecule has 2 aromatic rings. The van der Waals surface area contributed by atoms with Gasteiger partial charge in [0, 0.05) is 28.7 Å². The maximum Gasteiger partial charge on any atom is 0.253 e.